The maximum absolute atomic E-state index is 12.5. The SMILES string of the molecule is Fc1cnc2cc(Br)[nH]c2c1. The number of hydrogen-bond donors (Lipinski definition) is 1. The van der Waals surface area contributed by atoms with Crippen LogP contribution in [0.2, 0.25) is 0 Å². The molecule has 0 aromatic carbocycles. The largest absolute Gasteiger partial charge is 0.348 e. The van der Waals surface area contributed by atoms with Crippen molar-refractivity contribution < 1.29 is 4.39 Å². The number of hydrogen-bond acceptors (Lipinski definition) is 1. The Morgan fingerprint density at radius 2 is 2.27 bits per heavy atom. The number of nitrogens with one attached hydrogen (secondary N) is 1. The van der Waals surface area contributed by atoms with E-state index in [0.29, 0.717) is 5.52 Å². The van der Waals surface area contributed by atoms with Crippen molar-refractivity contribution in [2.75, 3.05) is 0 Å². The van der Waals surface area contributed by atoms with Crippen molar-refractivity contribution in [3.63, 3.8) is 0 Å². The molecular weight excluding hydrogens is 211 g/mol. The van der Waals surface area contributed by atoms with Crippen LogP contribution in [-0.4, -0.2) is 9.97 Å². The first-order chi connectivity index (χ1) is 5.25. The lowest BCUT2D eigenvalue weighted by atomic mass is 10.4. The number of aromatic amines is 1. The lowest BCUT2D eigenvalue weighted by Crippen LogP contribution is -1.77. The molecule has 0 saturated carbocycles. The van der Waals surface area contributed by atoms with Crippen LogP contribution in [0, 0.1) is 5.82 Å². The summed E-state index contributed by atoms with van der Waals surface area (Å²) in [6, 6.07) is 3.21. The molecule has 0 unspecified atom stereocenters. The molecule has 2 heterocycles. The summed E-state index contributed by atoms with van der Waals surface area (Å²) in [6.45, 7) is 0. The number of rotatable bonds is 0. The summed E-state index contributed by atoms with van der Waals surface area (Å²) in [7, 11) is 0. The van der Waals surface area contributed by atoms with Crippen molar-refractivity contribution in [1.29, 1.82) is 0 Å². The van der Waals surface area contributed by atoms with Gasteiger partial charge in [0, 0.05) is 6.07 Å². The minimum Gasteiger partial charge on any atom is -0.348 e. The van der Waals surface area contributed by atoms with Crippen molar-refractivity contribution in [2.45, 2.75) is 0 Å². The molecule has 2 aromatic heterocycles. The van der Waals surface area contributed by atoms with E-state index >= 15 is 0 Å². The van der Waals surface area contributed by atoms with Gasteiger partial charge in [0.15, 0.2) is 0 Å². The molecule has 0 amide bonds. The van der Waals surface area contributed by atoms with E-state index in [0.717, 1.165) is 10.1 Å². The normalized spacial score (nSPS) is 10.7. The van der Waals surface area contributed by atoms with E-state index < -0.39 is 0 Å². The Balaban J connectivity index is 2.82. The highest BCUT2D eigenvalue weighted by molar-refractivity contribution is 9.10. The first kappa shape index (κ1) is 6.79. The summed E-state index contributed by atoms with van der Waals surface area (Å²) in [4.78, 5) is 6.78. The molecule has 0 saturated heterocycles. The fourth-order valence-corrected chi connectivity index (χ4v) is 1.38. The van der Waals surface area contributed by atoms with Crippen molar-refractivity contribution in [1.82, 2.24) is 9.97 Å². The molecule has 56 valence electrons. The molecule has 4 heteroatoms. The number of nitrogens with zero attached hydrogens (tertiary/aromatic N) is 1. The van der Waals surface area contributed by atoms with Crippen LogP contribution in [0.5, 0.6) is 0 Å². The second-order valence-corrected chi connectivity index (χ2v) is 3.06. The number of fused-ring (bicyclic) bond motifs is 1. The maximum atomic E-state index is 12.5. The van der Waals surface area contributed by atoms with Gasteiger partial charge >= 0.3 is 0 Å². The molecule has 2 aromatic rings. The van der Waals surface area contributed by atoms with E-state index in [1.54, 1.807) is 6.07 Å². The molecular formula is C7H4BrFN2. The maximum Gasteiger partial charge on any atom is 0.143 e. The van der Waals surface area contributed by atoms with Crippen molar-refractivity contribution >= 4 is 27.0 Å². The van der Waals surface area contributed by atoms with Crippen molar-refractivity contribution in [2.24, 2.45) is 0 Å². The highest BCUT2D eigenvalue weighted by Gasteiger charge is 1.99. The molecule has 0 atom stereocenters. The van der Waals surface area contributed by atoms with E-state index in [2.05, 4.69) is 25.9 Å². The molecule has 2 rings (SSSR count). The molecule has 2 nitrogen and oxygen atoms in total. The Morgan fingerprint density at radius 3 is 3.09 bits per heavy atom. The van der Waals surface area contributed by atoms with Crippen molar-refractivity contribution in [3.05, 3.63) is 28.7 Å². The monoisotopic (exact) mass is 214 g/mol. The highest BCUT2D eigenvalue weighted by atomic mass is 79.9. The third kappa shape index (κ3) is 1.14. The smallest absolute Gasteiger partial charge is 0.143 e. The van der Waals surface area contributed by atoms with Crippen LogP contribution in [0.15, 0.2) is 22.9 Å². The van der Waals surface area contributed by atoms with Gasteiger partial charge < -0.3 is 4.98 Å². The first-order valence-corrected chi connectivity index (χ1v) is 3.85. The summed E-state index contributed by atoms with van der Waals surface area (Å²) in [5.74, 6) is -0.327. The Labute approximate surface area is 70.6 Å². The molecule has 0 spiro atoms. The molecule has 11 heavy (non-hydrogen) atoms. The van der Waals surface area contributed by atoms with E-state index in [9.17, 15) is 4.39 Å². The number of halogens is 2. The summed E-state index contributed by atoms with van der Waals surface area (Å²) in [5.41, 5.74) is 1.47. The third-order valence-corrected chi connectivity index (χ3v) is 1.83. The zero-order valence-electron chi connectivity index (χ0n) is 5.44. The van der Waals surface area contributed by atoms with E-state index in [-0.39, 0.29) is 5.82 Å². The predicted octanol–water partition coefficient (Wildman–Crippen LogP) is 2.46. The second-order valence-electron chi connectivity index (χ2n) is 2.20. The number of pyridine rings is 1. The van der Waals surface area contributed by atoms with Gasteiger partial charge in [-0.15, -0.1) is 0 Å². The standard InChI is InChI=1S/C7H4BrFN2/c8-7-2-5-6(11-7)1-4(9)3-10-5/h1-3,11H. The zero-order chi connectivity index (χ0) is 7.84. The van der Waals surface area contributed by atoms with Gasteiger partial charge in [0.1, 0.15) is 5.82 Å². The topological polar surface area (TPSA) is 28.7 Å². The Kier molecular flexibility index (Phi) is 1.42. The van der Waals surface area contributed by atoms with Crippen LogP contribution in [0.4, 0.5) is 4.39 Å². The fourth-order valence-electron chi connectivity index (χ4n) is 0.950. The molecule has 0 aliphatic rings. The summed E-state index contributed by atoms with van der Waals surface area (Å²) < 4.78 is 13.4. The van der Waals surface area contributed by atoms with E-state index in [4.69, 9.17) is 0 Å². The predicted molar refractivity (Wildman–Crippen MR) is 43.8 cm³/mol. The lowest BCUT2D eigenvalue weighted by molar-refractivity contribution is 0.624. The molecule has 0 bridgehead atoms. The average molecular weight is 215 g/mol. The highest BCUT2D eigenvalue weighted by Crippen LogP contribution is 2.17. The van der Waals surface area contributed by atoms with Crippen LogP contribution >= 0.6 is 15.9 Å². The quantitative estimate of drug-likeness (QED) is 0.718. The summed E-state index contributed by atoms with van der Waals surface area (Å²) >= 11 is 3.23. The first-order valence-electron chi connectivity index (χ1n) is 3.05. The Bertz CT molecular complexity index is 396. The van der Waals surface area contributed by atoms with Gasteiger partial charge in [-0.05, 0) is 22.0 Å². The third-order valence-electron chi connectivity index (χ3n) is 1.40. The minimum absolute atomic E-state index is 0.327. The van der Waals surface area contributed by atoms with Gasteiger partial charge in [-0.25, -0.2) is 4.39 Å². The lowest BCUT2D eigenvalue weighted by Gasteiger charge is -1.86. The number of aromatic nitrogens is 2. The van der Waals surface area contributed by atoms with Crippen LogP contribution in [0.25, 0.3) is 11.0 Å². The average Bonchev–Trinajstić information content (AvgIpc) is 2.27. The number of H-pyrrole nitrogens is 1. The molecule has 0 aliphatic carbocycles. The van der Waals surface area contributed by atoms with Gasteiger partial charge in [-0.3, -0.25) is 4.98 Å². The van der Waals surface area contributed by atoms with E-state index in [1.165, 1.54) is 12.3 Å². The van der Waals surface area contributed by atoms with Crippen LogP contribution in [0.1, 0.15) is 0 Å². The molecule has 0 aliphatic heterocycles. The van der Waals surface area contributed by atoms with Gasteiger partial charge in [0.05, 0.1) is 21.8 Å². The van der Waals surface area contributed by atoms with Crippen LogP contribution in [-0.2, 0) is 0 Å². The molecule has 0 fully saturated rings. The van der Waals surface area contributed by atoms with Crippen LogP contribution < -0.4 is 0 Å². The minimum atomic E-state index is -0.327. The summed E-state index contributed by atoms with van der Waals surface area (Å²) in [5, 5.41) is 0. The Hall–Kier alpha value is -0.900. The van der Waals surface area contributed by atoms with E-state index in [1.807, 2.05) is 0 Å². The van der Waals surface area contributed by atoms with Crippen LogP contribution in [0.3, 0.4) is 0 Å². The van der Waals surface area contributed by atoms with Gasteiger partial charge in [0.2, 0.25) is 0 Å². The Morgan fingerprint density at radius 1 is 1.45 bits per heavy atom. The van der Waals surface area contributed by atoms with Gasteiger partial charge in [-0.2, -0.15) is 0 Å². The summed E-state index contributed by atoms with van der Waals surface area (Å²) in [6.07, 6.45) is 1.20. The molecule has 1 N–H and O–H groups in total. The van der Waals surface area contributed by atoms with Crippen molar-refractivity contribution in [3.8, 4) is 0 Å². The second kappa shape index (κ2) is 2.30. The zero-order valence-corrected chi connectivity index (χ0v) is 7.02. The van der Waals surface area contributed by atoms with Gasteiger partial charge in [0.25, 0.3) is 0 Å². The molecule has 0 radical (unpaired) electrons. The van der Waals surface area contributed by atoms with Gasteiger partial charge in [-0.1, -0.05) is 0 Å². The fraction of sp³-hybridized carbons (Fsp3) is 0.